The first-order valence-corrected chi connectivity index (χ1v) is 13.0. The third-order valence-corrected chi connectivity index (χ3v) is 7.21. The smallest absolute Gasteiger partial charge is 0.264 e. The highest BCUT2D eigenvalue weighted by Crippen LogP contribution is 2.36. The molecule has 1 fully saturated rings. The predicted octanol–water partition coefficient (Wildman–Crippen LogP) is 7.24. The average Bonchev–Trinajstić information content (AvgIpc) is 2.88. The number of nitriles is 1. The molecule has 5 nitrogen and oxygen atoms in total. The molecule has 0 spiro atoms. The van der Waals surface area contributed by atoms with Crippen molar-refractivity contribution in [1.82, 2.24) is 4.90 Å². The Bertz CT molecular complexity index is 1310. The number of amides is 1. The Morgan fingerprint density at radius 1 is 1.00 bits per heavy atom. The number of hydrogen-bond acceptors (Lipinski definition) is 4. The van der Waals surface area contributed by atoms with Gasteiger partial charge in [-0.3, -0.25) is 4.79 Å². The minimum absolute atomic E-state index is 0.0488. The van der Waals surface area contributed by atoms with E-state index in [9.17, 15) is 10.1 Å². The molecule has 1 aliphatic heterocycles. The number of hydrogen-bond donors (Lipinski definition) is 0. The van der Waals surface area contributed by atoms with Gasteiger partial charge in [-0.15, -0.1) is 0 Å². The lowest BCUT2D eigenvalue weighted by atomic mass is 10.1. The number of nitrogens with zero attached hydrogens (tertiary/aromatic N) is 3. The average molecular weight is 606 g/mol. The molecule has 0 aromatic heterocycles. The lowest BCUT2D eigenvalue weighted by molar-refractivity contribution is -0.126. The van der Waals surface area contributed by atoms with E-state index in [2.05, 4.69) is 33.0 Å². The first kappa shape index (κ1) is 26.4. The molecule has 0 atom stereocenters. The summed E-state index contributed by atoms with van der Waals surface area (Å²) in [4.78, 5) is 17.0. The second kappa shape index (κ2) is 12.0. The van der Waals surface area contributed by atoms with E-state index in [0.717, 1.165) is 11.3 Å². The van der Waals surface area contributed by atoms with E-state index >= 15 is 0 Å². The van der Waals surface area contributed by atoms with Crippen molar-refractivity contribution in [2.75, 3.05) is 31.1 Å². The Labute approximate surface area is 233 Å². The molecule has 0 bridgehead atoms. The molecule has 1 amide bonds. The molecule has 0 aliphatic carbocycles. The van der Waals surface area contributed by atoms with Crippen LogP contribution >= 0.6 is 50.7 Å². The maximum Gasteiger partial charge on any atom is 0.264 e. The van der Waals surface area contributed by atoms with Gasteiger partial charge in [-0.25, -0.2) is 0 Å². The van der Waals surface area contributed by atoms with E-state index < -0.39 is 0 Å². The summed E-state index contributed by atoms with van der Waals surface area (Å²) >= 11 is 22.1. The van der Waals surface area contributed by atoms with Crippen LogP contribution in [0.2, 0.25) is 15.1 Å². The fraction of sp³-hybridized carbons (Fsp3) is 0.185. The van der Waals surface area contributed by atoms with Crippen LogP contribution in [0.4, 0.5) is 5.69 Å². The van der Waals surface area contributed by atoms with Gasteiger partial charge < -0.3 is 14.5 Å². The second-order valence-electron chi connectivity index (χ2n) is 8.12. The van der Waals surface area contributed by atoms with Crippen molar-refractivity contribution in [2.45, 2.75) is 6.61 Å². The number of carbonyl (C=O) groups is 1. The molecule has 1 heterocycles. The summed E-state index contributed by atoms with van der Waals surface area (Å²) in [7, 11) is 0. The first-order valence-electron chi connectivity index (χ1n) is 11.1. The Kier molecular flexibility index (Phi) is 8.81. The summed E-state index contributed by atoms with van der Waals surface area (Å²) in [6, 6.07) is 20.7. The lowest BCUT2D eigenvalue weighted by Gasteiger charge is -2.36. The summed E-state index contributed by atoms with van der Waals surface area (Å²) in [5, 5.41) is 11.1. The minimum Gasteiger partial charge on any atom is -0.486 e. The van der Waals surface area contributed by atoms with Crippen LogP contribution in [0, 0.1) is 11.3 Å². The SMILES string of the molecule is N#C/C(=C/c1cc(Cl)c(OCc2ccc(Cl)cc2Cl)c(Br)c1)C(=O)N1CCN(c2ccccc2)CC1. The van der Waals surface area contributed by atoms with Crippen LogP contribution in [0.25, 0.3) is 6.08 Å². The quantitative estimate of drug-likeness (QED) is 0.220. The Balaban J connectivity index is 1.44. The second-order valence-corrected chi connectivity index (χ2v) is 10.2. The Hall–Kier alpha value is -2.69. The van der Waals surface area contributed by atoms with Crippen molar-refractivity contribution < 1.29 is 9.53 Å². The molecule has 0 saturated carbocycles. The number of benzene rings is 3. The summed E-state index contributed by atoms with van der Waals surface area (Å²) < 4.78 is 6.47. The first-order chi connectivity index (χ1) is 17.4. The zero-order valence-corrected chi connectivity index (χ0v) is 22.9. The zero-order chi connectivity index (χ0) is 25.7. The topological polar surface area (TPSA) is 56.6 Å². The fourth-order valence-electron chi connectivity index (χ4n) is 3.87. The number of rotatable bonds is 6. The predicted molar refractivity (Wildman–Crippen MR) is 149 cm³/mol. The van der Waals surface area contributed by atoms with Crippen LogP contribution in [-0.4, -0.2) is 37.0 Å². The fourth-order valence-corrected chi connectivity index (χ4v) is 5.33. The van der Waals surface area contributed by atoms with Gasteiger partial charge in [0.2, 0.25) is 0 Å². The highest BCUT2D eigenvalue weighted by molar-refractivity contribution is 9.10. The van der Waals surface area contributed by atoms with E-state index in [1.54, 1.807) is 41.3 Å². The van der Waals surface area contributed by atoms with Crippen LogP contribution in [-0.2, 0) is 11.4 Å². The molecule has 36 heavy (non-hydrogen) atoms. The molecule has 9 heteroatoms. The molecule has 0 N–H and O–H groups in total. The molecular formula is C27H21BrCl3N3O2. The Morgan fingerprint density at radius 3 is 2.36 bits per heavy atom. The molecule has 3 aromatic rings. The monoisotopic (exact) mass is 603 g/mol. The van der Waals surface area contributed by atoms with Gasteiger partial charge in [0.1, 0.15) is 18.2 Å². The molecule has 0 radical (unpaired) electrons. The van der Waals surface area contributed by atoms with Crippen molar-refractivity contribution >= 4 is 68.4 Å². The standard InChI is InChI=1S/C27H21BrCl3N3O2/c28-23-13-18(14-25(31)26(23)36-17-19-6-7-21(29)15-24(19)30)12-20(16-32)27(35)34-10-8-33(9-11-34)22-4-2-1-3-5-22/h1-7,12-15H,8-11,17H2/b20-12-. The molecular weight excluding hydrogens is 585 g/mol. The minimum atomic E-state index is -0.296. The van der Waals surface area contributed by atoms with Gasteiger partial charge in [-0.05, 0) is 64.0 Å². The number of piperazine rings is 1. The number of carbonyl (C=O) groups excluding carboxylic acids is 1. The van der Waals surface area contributed by atoms with Crippen LogP contribution in [0.5, 0.6) is 5.75 Å². The van der Waals surface area contributed by atoms with E-state index in [4.69, 9.17) is 39.5 Å². The summed E-state index contributed by atoms with van der Waals surface area (Å²) in [6.07, 6.45) is 1.54. The molecule has 3 aromatic carbocycles. The Morgan fingerprint density at radius 2 is 1.72 bits per heavy atom. The number of halogens is 4. The van der Waals surface area contributed by atoms with Gasteiger partial charge in [0.05, 0.1) is 9.50 Å². The molecule has 184 valence electrons. The van der Waals surface area contributed by atoms with Crippen LogP contribution < -0.4 is 9.64 Å². The van der Waals surface area contributed by atoms with E-state index in [-0.39, 0.29) is 18.1 Å². The maximum absolute atomic E-state index is 13.1. The normalized spacial score (nSPS) is 13.9. The third-order valence-electron chi connectivity index (χ3n) is 5.76. The summed E-state index contributed by atoms with van der Waals surface area (Å²) in [5.74, 6) is 0.136. The number of ether oxygens (including phenoxy) is 1. The zero-order valence-electron chi connectivity index (χ0n) is 19.1. The third kappa shape index (κ3) is 6.35. The van der Waals surface area contributed by atoms with Crippen LogP contribution in [0.15, 0.2) is 70.7 Å². The lowest BCUT2D eigenvalue weighted by Crippen LogP contribution is -2.49. The van der Waals surface area contributed by atoms with Gasteiger partial charge >= 0.3 is 0 Å². The maximum atomic E-state index is 13.1. The van der Waals surface area contributed by atoms with Gasteiger partial charge in [-0.1, -0.05) is 59.1 Å². The van der Waals surface area contributed by atoms with Crippen molar-refractivity contribution in [3.8, 4) is 11.8 Å². The molecule has 4 rings (SSSR count). The van der Waals surface area contributed by atoms with E-state index in [1.165, 1.54) is 0 Å². The van der Waals surface area contributed by atoms with Gasteiger partial charge in [-0.2, -0.15) is 5.26 Å². The summed E-state index contributed by atoms with van der Waals surface area (Å²) in [5.41, 5.74) is 2.54. The van der Waals surface area contributed by atoms with Crippen LogP contribution in [0.3, 0.4) is 0 Å². The van der Waals surface area contributed by atoms with Crippen molar-refractivity contribution in [1.29, 1.82) is 5.26 Å². The van der Waals surface area contributed by atoms with Gasteiger partial charge in [0, 0.05) is 47.5 Å². The number of para-hydroxylation sites is 1. The molecule has 1 saturated heterocycles. The number of anilines is 1. The van der Waals surface area contributed by atoms with Crippen molar-refractivity contribution in [2.24, 2.45) is 0 Å². The van der Waals surface area contributed by atoms with E-state index in [1.807, 2.05) is 24.3 Å². The molecule has 0 unspecified atom stereocenters. The van der Waals surface area contributed by atoms with Crippen LogP contribution in [0.1, 0.15) is 11.1 Å². The van der Waals surface area contributed by atoms with Crippen molar-refractivity contribution in [3.63, 3.8) is 0 Å². The van der Waals surface area contributed by atoms with Gasteiger partial charge in [0.25, 0.3) is 5.91 Å². The summed E-state index contributed by atoms with van der Waals surface area (Å²) in [6.45, 7) is 2.68. The molecule has 1 aliphatic rings. The van der Waals surface area contributed by atoms with Gasteiger partial charge in [0.15, 0.2) is 5.75 Å². The highest BCUT2D eigenvalue weighted by atomic mass is 79.9. The highest BCUT2D eigenvalue weighted by Gasteiger charge is 2.24. The largest absolute Gasteiger partial charge is 0.486 e. The van der Waals surface area contributed by atoms with E-state index in [0.29, 0.717) is 57.0 Å². The van der Waals surface area contributed by atoms with Crippen molar-refractivity contribution in [3.05, 3.63) is 96.9 Å².